The molecule has 0 saturated carbocycles. The van der Waals surface area contributed by atoms with Crippen LogP contribution in [0.25, 0.3) is 0 Å². The van der Waals surface area contributed by atoms with Gasteiger partial charge in [0, 0.05) is 7.11 Å². The maximum atomic E-state index is 12.1. The van der Waals surface area contributed by atoms with E-state index in [4.69, 9.17) is 14.6 Å². The minimum absolute atomic E-state index is 0.102. The van der Waals surface area contributed by atoms with E-state index in [1.807, 2.05) is 39.0 Å². The Hall–Kier alpha value is -2.08. The SMILES string of the molecule is COCC(NC(=O)C(C)Oc1cc(C)ccc1C(C)C)C(=O)O. The molecule has 1 rings (SSSR count). The number of carbonyl (C=O) groups is 2. The number of aliphatic carboxylic acids is 1. The summed E-state index contributed by atoms with van der Waals surface area (Å²) in [6.07, 6.45) is -0.812. The molecule has 0 spiro atoms. The number of benzene rings is 1. The first-order chi connectivity index (χ1) is 10.8. The fraction of sp³-hybridized carbons (Fsp3) is 0.529. The number of nitrogens with one attached hydrogen (secondary N) is 1. The van der Waals surface area contributed by atoms with E-state index in [9.17, 15) is 9.59 Å². The number of ether oxygens (including phenoxy) is 2. The third-order valence-corrected chi connectivity index (χ3v) is 3.41. The van der Waals surface area contributed by atoms with Gasteiger partial charge in [-0.1, -0.05) is 26.0 Å². The van der Waals surface area contributed by atoms with Crippen LogP contribution < -0.4 is 10.1 Å². The van der Waals surface area contributed by atoms with Crippen LogP contribution in [0.3, 0.4) is 0 Å². The predicted molar refractivity (Wildman–Crippen MR) is 86.8 cm³/mol. The quantitative estimate of drug-likeness (QED) is 0.765. The number of methoxy groups -OCH3 is 1. The number of carboxylic acid groups (broad SMARTS) is 1. The Labute approximate surface area is 136 Å². The highest BCUT2D eigenvalue weighted by Gasteiger charge is 2.24. The second kappa shape index (κ2) is 8.53. The van der Waals surface area contributed by atoms with Gasteiger partial charge in [-0.15, -0.1) is 0 Å². The Bertz CT molecular complexity index is 556. The molecule has 1 aromatic rings. The molecule has 1 amide bonds. The van der Waals surface area contributed by atoms with Crippen molar-refractivity contribution >= 4 is 11.9 Å². The van der Waals surface area contributed by atoms with Crippen LogP contribution in [-0.2, 0) is 14.3 Å². The molecule has 2 atom stereocenters. The van der Waals surface area contributed by atoms with Gasteiger partial charge >= 0.3 is 5.97 Å². The van der Waals surface area contributed by atoms with E-state index in [-0.39, 0.29) is 12.5 Å². The summed E-state index contributed by atoms with van der Waals surface area (Å²) in [6.45, 7) is 7.52. The smallest absolute Gasteiger partial charge is 0.328 e. The molecule has 0 aromatic heterocycles. The van der Waals surface area contributed by atoms with E-state index in [1.165, 1.54) is 7.11 Å². The molecule has 6 nitrogen and oxygen atoms in total. The average Bonchev–Trinajstić information content (AvgIpc) is 2.46. The van der Waals surface area contributed by atoms with Crippen LogP contribution in [0.2, 0.25) is 0 Å². The zero-order valence-electron chi connectivity index (χ0n) is 14.3. The van der Waals surface area contributed by atoms with E-state index in [0.717, 1.165) is 11.1 Å². The maximum Gasteiger partial charge on any atom is 0.328 e. The van der Waals surface area contributed by atoms with Gasteiger partial charge in [0.1, 0.15) is 5.75 Å². The number of hydrogen-bond donors (Lipinski definition) is 2. The maximum absolute atomic E-state index is 12.1. The lowest BCUT2D eigenvalue weighted by molar-refractivity contribution is -0.144. The molecule has 0 aliphatic heterocycles. The molecule has 0 aliphatic carbocycles. The number of aryl methyl sites for hydroxylation is 1. The van der Waals surface area contributed by atoms with Crippen LogP contribution in [0.1, 0.15) is 37.8 Å². The van der Waals surface area contributed by atoms with Crippen LogP contribution >= 0.6 is 0 Å². The van der Waals surface area contributed by atoms with E-state index in [2.05, 4.69) is 5.32 Å². The van der Waals surface area contributed by atoms with Gasteiger partial charge < -0.3 is 19.9 Å². The normalized spacial score (nSPS) is 13.5. The van der Waals surface area contributed by atoms with Crippen molar-refractivity contribution in [3.8, 4) is 5.75 Å². The largest absolute Gasteiger partial charge is 0.481 e. The fourth-order valence-electron chi connectivity index (χ4n) is 2.10. The van der Waals surface area contributed by atoms with Gasteiger partial charge in [-0.05, 0) is 37.0 Å². The van der Waals surface area contributed by atoms with Crippen molar-refractivity contribution in [1.29, 1.82) is 0 Å². The Morgan fingerprint density at radius 3 is 2.43 bits per heavy atom. The molecular weight excluding hydrogens is 298 g/mol. The first-order valence-corrected chi connectivity index (χ1v) is 7.55. The highest BCUT2D eigenvalue weighted by Crippen LogP contribution is 2.28. The second-order valence-corrected chi connectivity index (χ2v) is 5.81. The molecule has 0 radical (unpaired) electrons. The topological polar surface area (TPSA) is 84.9 Å². The first kappa shape index (κ1) is 19.0. The monoisotopic (exact) mass is 323 g/mol. The average molecular weight is 323 g/mol. The minimum Gasteiger partial charge on any atom is -0.481 e. The lowest BCUT2D eigenvalue weighted by atomic mass is 10.0. The van der Waals surface area contributed by atoms with Gasteiger partial charge in [0.05, 0.1) is 6.61 Å². The number of rotatable bonds is 8. The Kier molecular flexibility index (Phi) is 7.03. The van der Waals surface area contributed by atoms with Crippen molar-refractivity contribution in [3.05, 3.63) is 29.3 Å². The molecule has 2 unspecified atom stereocenters. The molecule has 0 fully saturated rings. The zero-order valence-corrected chi connectivity index (χ0v) is 14.3. The lowest BCUT2D eigenvalue weighted by Crippen LogP contribution is -2.48. The Balaban J connectivity index is 2.82. The Morgan fingerprint density at radius 1 is 1.26 bits per heavy atom. The number of hydrogen-bond acceptors (Lipinski definition) is 4. The standard InChI is InChI=1S/C17H25NO5/c1-10(2)13-7-6-11(3)8-15(13)23-12(4)16(19)18-14(9-22-5)17(20)21/h6-8,10,12,14H,9H2,1-5H3,(H,18,19)(H,20,21). The van der Waals surface area contributed by atoms with E-state index >= 15 is 0 Å². The summed E-state index contributed by atoms with van der Waals surface area (Å²) in [5.41, 5.74) is 2.03. The van der Waals surface area contributed by atoms with Crippen LogP contribution in [-0.4, -0.2) is 42.8 Å². The van der Waals surface area contributed by atoms with E-state index in [1.54, 1.807) is 6.92 Å². The van der Waals surface area contributed by atoms with Crippen molar-refractivity contribution in [2.75, 3.05) is 13.7 Å². The van der Waals surface area contributed by atoms with Gasteiger partial charge in [0.2, 0.25) is 0 Å². The van der Waals surface area contributed by atoms with Gasteiger partial charge in [-0.3, -0.25) is 4.79 Å². The Morgan fingerprint density at radius 2 is 1.91 bits per heavy atom. The van der Waals surface area contributed by atoms with Gasteiger partial charge in [0.25, 0.3) is 5.91 Å². The molecule has 0 bridgehead atoms. The van der Waals surface area contributed by atoms with Crippen molar-refractivity contribution < 1.29 is 24.2 Å². The summed E-state index contributed by atoms with van der Waals surface area (Å²) in [7, 11) is 1.38. The van der Waals surface area contributed by atoms with Crippen LogP contribution in [0.5, 0.6) is 5.75 Å². The van der Waals surface area contributed by atoms with E-state index in [0.29, 0.717) is 5.75 Å². The molecule has 0 aliphatic rings. The second-order valence-electron chi connectivity index (χ2n) is 5.81. The van der Waals surface area contributed by atoms with Gasteiger partial charge in [-0.2, -0.15) is 0 Å². The molecule has 0 heterocycles. The lowest BCUT2D eigenvalue weighted by Gasteiger charge is -2.21. The predicted octanol–water partition coefficient (Wildman–Crippen LogP) is 2.10. The summed E-state index contributed by atoms with van der Waals surface area (Å²) in [6, 6.07) is 4.75. The molecule has 6 heteroatoms. The number of carbonyl (C=O) groups excluding carboxylic acids is 1. The summed E-state index contributed by atoms with van der Waals surface area (Å²) in [4.78, 5) is 23.2. The third-order valence-electron chi connectivity index (χ3n) is 3.41. The number of amides is 1. The fourth-order valence-corrected chi connectivity index (χ4v) is 2.10. The zero-order chi connectivity index (χ0) is 17.6. The number of carboxylic acids is 1. The van der Waals surface area contributed by atoms with Crippen LogP contribution in [0.15, 0.2) is 18.2 Å². The molecule has 128 valence electrons. The molecule has 0 saturated heterocycles. The molecular formula is C17H25NO5. The molecule has 1 aromatic carbocycles. The van der Waals surface area contributed by atoms with Gasteiger partial charge in [-0.25, -0.2) is 4.79 Å². The van der Waals surface area contributed by atoms with Crippen LogP contribution in [0, 0.1) is 6.92 Å². The van der Waals surface area contributed by atoms with Crippen molar-refractivity contribution in [3.63, 3.8) is 0 Å². The summed E-state index contributed by atoms with van der Waals surface area (Å²) in [5.74, 6) is -0.751. The van der Waals surface area contributed by atoms with Crippen molar-refractivity contribution in [1.82, 2.24) is 5.32 Å². The van der Waals surface area contributed by atoms with Crippen molar-refractivity contribution in [2.45, 2.75) is 45.8 Å². The van der Waals surface area contributed by atoms with Crippen LogP contribution in [0.4, 0.5) is 0 Å². The molecule has 23 heavy (non-hydrogen) atoms. The molecule has 2 N–H and O–H groups in total. The van der Waals surface area contributed by atoms with E-state index < -0.39 is 24.0 Å². The third kappa shape index (κ3) is 5.56. The first-order valence-electron chi connectivity index (χ1n) is 7.55. The van der Waals surface area contributed by atoms with Gasteiger partial charge in [0.15, 0.2) is 12.1 Å². The highest BCUT2D eigenvalue weighted by atomic mass is 16.5. The minimum atomic E-state index is -1.15. The highest BCUT2D eigenvalue weighted by molar-refractivity contribution is 5.86. The summed E-state index contributed by atoms with van der Waals surface area (Å²) >= 11 is 0. The summed E-state index contributed by atoms with van der Waals surface area (Å²) < 4.78 is 10.6. The van der Waals surface area contributed by atoms with Crippen molar-refractivity contribution in [2.24, 2.45) is 0 Å². The summed E-state index contributed by atoms with van der Waals surface area (Å²) in [5, 5.41) is 11.5.